The minimum atomic E-state index is 0.721. The fourth-order valence-corrected chi connectivity index (χ4v) is 3.21. The van der Waals surface area contributed by atoms with E-state index in [0.29, 0.717) is 0 Å². The molecule has 20 heavy (non-hydrogen) atoms. The van der Waals surface area contributed by atoms with Crippen LogP contribution in [0, 0.1) is 0 Å². The van der Waals surface area contributed by atoms with Crippen LogP contribution in [0.2, 0.25) is 5.02 Å². The molecule has 3 rings (SSSR count). The molecule has 3 aromatic rings. The zero-order valence-electron chi connectivity index (χ0n) is 11.2. The van der Waals surface area contributed by atoms with Gasteiger partial charge in [-0.05, 0) is 36.8 Å². The van der Waals surface area contributed by atoms with Gasteiger partial charge in [0.05, 0.1) is 12.7 Å². The highest BCUT2D eigenvalue weighted by molar-refractivity contribution is 7.98. The molecule has 1 aromatic carbocycles. The maximum absolute atomic E-state index is 5.97. The van der Waals surface area contributed by atoms with Crippen LogP contribution in [-0.2, 0) is 7.05 Å². The number of benzene rings is 1. The lowest BCUT2D eigenvalue weighted by molar-refractivity contribution is -0.613. The number of rotatable bonds is 3. The standard InChI is InChI=1S/C12H13ClN5S2/c1-16-12-17(9-6-4-8(13)5-7-9)10(19-2)15-18(12)11(14-16)20-3/h4-7H,1-3H3/q+1. The average Bonchev–Trinajstić information content (AvgIpc) is 2.97. The molecule has 0 amide bonds. The topological polar surface area (TPSA) is 39.0 Å². The van der Waals surface area contributed by atoms with E-state index in [1.54, 1.807) is 23.5 Å². The third kappa shape index (κ3) is 2.10. The van der Waals surface area contributed by atoms with E-state index in [9.17, 15) is 0 Å². The van der Waals surface area contributed by atoms with E-state index in [4.69, 9.17) is 11.6 Å². The maximum atomic E-state index is 5.97. The lowest BCUT2D eigenvalue weighted by Crippen LogP contribution is -2.33. The van der Waals surface area contributed by atoms with Crippen molar-refractivity contribution in [1.29, 1.82) is 0 Å². The number of hydrogen-bond acceptors (Lipinski definition) is 4. The third-order valence-corrected chi connectivity index (χ3v) is 4.42. The fourth-order valence-electron chi connectivity index (χ4n) is 2.06. The molecule has 2 heterocycles. The van der Waals surface area contributed by atoms with Gasteiger partial charge < -0.3 is 0 Å². The normalized spacial score (nSPS) is 11.4. The van der Waals surface area contributed by atoms with Crippen molar-refractivity contribution in [3.05, 3.63) is 29.3 Å². The fraction of sp³-hybridized carbons (Fsp3) is 0.250. The Morgan fingerprint density at radius 2 is 1.80 bits per heavy atom. The predicted octanol–water partition coefficient (Wildman–Crippen LogP) is 2.44. The van der Waals surface area contributed by atoms with Crippen molar-refractivity contribution in [1.82, 2.24) is 19.4 Å². The molecular weight excluding hydrogens is 314 g/mol. The summed E-state index contributed by atoms with van der Waals surface area (Å²) >= 11 is 9.14. The van der Waals surface area contributed by atoms with Crippen molar-refractivity contribution in [2.75, 3.05) is 12.5 Å². The maximum Gasteiger partial charge on any atom is 0.383 e. The number of aryl methyl sites for hydroxylation is 1. The quantitative estimate of drug-likeness (QED) is 0.547. The van der Waals surface area contributed by atoms with Crippen molar-refractivity contribution in [2.45, 2.75) is 10.3 Å². The van der Waals surface area contributed by atoms with Crippen LogP contribution >= 0.6 is 35.1 Å². The van der Waals surface area contributed by atoms with Gasteiger partial charge in [-0.25, -0.2) is 0 Å². The van der Waals surface area contributed by atoms with Gasteiger partial charge in [-0.15, -0.1) is 0 Å². The molecule has 2 aromatic heterocycles. The molecular formula is C12H13ClN5S2+. The lowest BCUT2D eigenvalue weighted by atomic mass is 10.3. The van der Waals surface area contributed by atoms with E-state index >= 15 is 0 Å². The molecule has 0 aliphatic heterocycles. The average molecular weight is 327 g/mol. The molecule has 0 fully saturated rings. The summed E-state index contributed by atoms with van der Waals surface area (Å²) in [5.74, 6) is 0.918. The molecule has 0 radical (unpaired) electrons. The Morgan fingerprint density at radius 1 is 1.10 bits per heavy atom. The molecule has 0 saturated carbocycles. The summed E-state index contributed by atoms with van der Waals surface area (Å²) in [5, 5.41) is 11.6. The van der Waals surface area contributed by atoms with Gasteiger partial charge in [-0.1, -0.05) is 44.7 Å². The Balaban J connectivity index is 2.32. The summed E-state index contributed by atoms with van der Waals surface area (Å²) in [7, 11) is 1.92. The Morgan fingerprint density at radius 3 is 2.40 bits per heavy atom. The van der Waals surface area contributed by atoms with Crippen LogP contribution in [0.4, 0.5) is 0 Å². The summed E-state index contributed by atoms with van der Waals surface area (Å²) in [5.41, 5.74) is 1.02. The van der Waals surface area contributed by atoms with Crippen molar-refractivity contribution >= 4 is 40.9 Å². The summed E-state index contributed by atoms with van der Waals surface area (Å²) in [4.78, 5) is 0. The number of fused-ring (bicyclic) bond motifs is 1. The van der Waals surface area contributed by atoms with Crippen molar-refractivity contribution < 1.29 is 4.57 Å². The molecule has 0 bridgehead atoms. The highest BCUT2D eigenvalue weighted by atomic mass is 35.5. The molecule has 0 spiro atoms. The molecule has 0 atom stereocenters. The van der Waals surface area contributed by atoms with E-state index in [0.717, 1.165) is 26.8 Å². The van der Waals surface area contributed by atoms with Crippen LogP contribution in [-0.4, -0.2) is 31.9 Å². The van der Waals surface area contributed by atoms with Crippen LogP contribution in [0.5, 0.6) is 0 Å². The zero-order chi connectivity index (χ0) is 14.3. The van der Waals surface area contributed by atoms with Crippen LogP contribution in [0.3, 0.4) is 0 Å². The van der Waals surface area contributed by atoms with Gasteiger partial charge in [0.25, 0.3) is 5.16 Å². The monoisotopic (exact) mass is 326 g/mol. The van der Waals surface area contributed by atoms with Gasteiger partial charge in [-0.3, -0.25) is 0 Å². The second kappa shape index (κ2) is 5.31. The number of nitrogens with zero attached hydrogens (tertiary/aromatic N) is 5. The first-order chi connectivity index (χ1) is 9.65. The second-order valence-electron chi connectivity index (χ2n) is 4.12. The van der Waals surface area contributed by atoms with E-state index in [1.807, 2.05) is 53.0 Å². The SMILES string of the molecule is CSc1nn(C)c2n1nc(SC)[n+]2-c1ccc(Cl)cc1. The smallest absolute Gasteiger partial charge is 0.179 e. The first-order valence-electron chi connectivity index (χ1n) is 5.87. The number of aromatic nitrogens is 5. The Bertz CT molecular complexity index is 762. The van der Waals surface area contributed by atoms with Gasteiger partial charge in [-0.2, -0.15) is 9.25 Å². The van der Waals surface area contributed by atoms with E-state index in [2.05, 4.69) is 14.8 Å². The first-order valence-corrected chi connectivity index (χ1v) is 8.70. The Hall–Kier alpha value is -1.18. The Kier molecular flexibility index (Phi) is 3.66. The van der Waals surface area contributed by atoms with Gasteiger partial charge in [0.2, 0.25) is 0 Å². The summed E-state index contributed by atoms with van der Waals surface area (Å²) in [6.45, 7) is 0. The van der Waals surface area contributed by atoms with E-state index in [1.165, 1.54) is 0 Å². The molecule has 8 heteroatoms. The molecule has 104 valence electrons. The minimum absolute atomic E-state index is 0.721. The van der Waals surface area contributed by atoms with Crippen LogP contribution < -0.4 is 4.57 Å². The molecule has 0 unspecified atom stereocenters. The van der Waals surface area contributed by atoms with Crippen molar-refractivity contribution in [3.8, 4) is 5.69 Å². The molecule has 0 aliphatic rings. The lowest BCUT2D eigenvalue weighted by Gasteiger charge is -2.00. The second-order valence-corrected chi connectivity index (χ2v) is 6.10. The van der Waals surface area contributed by atoms with Gasteiger partial charge in [0.1, 0.15) is 0 Å². The largest absolute Gasteiger partial charge is 0.383 e. The van der Waals surface area contributed by atoms with Gasteiger partial charge in [0, 0.05) is 10.1 Å². The third-order valence-electron chi connectivity index (χ3n) is 2.92. The van der Waals surface area contributed by atoms with E-state index in [-0.39, 0.29) is 0 Å². The summed E-state index contributed by atoms with van der Waals surface area (Å²) in [6.07, 6.45) is 4.01. The van der Waals surface area contributed by atoms with Crippen molar-refractivity contribution in [3.63, 3.8) is 0 Å². The van der Waals surface area contributed by atoms with Gasteiger partial charge >= 0.3 is 10.9 Å². The highest BCUT2D eigenvalue weighted by Gasteiger charge is 2.27. The minimum Gasteiger partial charge on any atom is -0.179 e. The highest BCUT2D eigenvalue weighted by Crippen LogP contribution is 2.19. The van der Waals surface area contributed by atoms with Crippen LogP contribution in [0.1, 0.15) is 0 Å². The number of thioether (sulfide) groups is 2. The van der Waals surface area contributed by atoms with E-state index < -0.39 is 0 Å². The molecule has 5 nitrogen and oxygen atoms in total. The number of hydrogen-bond donors (Lipinski definition) is 0. The van der Waals surface area contributed by atoms with Gasteiger partial charge in [0.15, 0.2) is 0 Å². The summed E-state index contributed by atoms with van der Waals surface area (Å²) < 4.78 is 5.78. The van der Waals surface area contributed by atoms with Crippen LogP contribution in [0.15, 0.2) is 34.6 Å². The zero-order valence-corrected chi connectivity index (χ0v) is 13.6. The predicted molar refractivity (Wildman–Crippen MR) is 82.1 cm³/mol. The molecule has 0 saturated heterocycles. The first kappa shape index (κ1) is 13.8. The Labute approximate surface area is 129 Å². The molecule has 0 aliphatic carbocycles. The van der Waals surface area contributed by atoms with Crippen molar-refractivity contribution in [2.24, 2.45) is 7.05 Å². The van der Waals surface area contributed by atoms with Crippen LogP contribution in [0.25, 0.3) is 11.5 Å². The molecule has 0 N–H and O–H groups in total. The summed E-state index contributed by atoms with van der Waals surface area (Å²) in [6, 6.07) is 7.72. The number of halogens is 1.